The van der Waals surface area contributed by atoms with E-state index in [1.54, 1.807) is 12.1 Å². The lowest BCUT2D eigenvalue weighted by Gasteiger charge is -2.32. The Kier molecular flexibility index (Phi) is 5.25. The van der Waals surface area contributed by atoms with E-state index in [9.17, 15) is 9.18 Å². The molecule has 7 heteroatoms. The van der Waals surface area contributed by atoms with E-state index in [2.05, 4.69) is 10.00 Å². The Bertz CT molecular complexity index is 963. The molecule has 1 fully saturated rings. The van der Waals surface area contributed by atoms with Gasteiger partial charge in [-0.3, -0.25) is 4.90 Å². The van der Waals surface area contributed by atoms with Crippen molar-refractivity contribution < 1.29 is 18.7 Å². The van der Waals surface area contributed by atoms with Crippen LogP contribution in [0.25, 0.3) is 10.9 Å². The van der Waals surface area contributed by atoms with Gasteiger partial charge in [-0.05, 0) is 43.2 Å². The second-order valence-electron chi connectivity index (χ2n) is 6.89. The molecule has 0 amide bonds. The molecule has 3 aromatic rings. The van der Waals surface area contributed by atoms with Crippen molar-refractivity contribution in [1.82, 2.24) is 14.7 Å². The van der Waals surface area contributed by atoms with E-state index >= 15 is 0 Å². The van der Waals surface area contributed by atoms with Gasteiger partial charge in [-0.25, -0.2) is 13.9 Å². The van der Waals surface area contributed by atoms with Gasteiger partial charge < -0.3 is 9.47 Å². The molecule has 0 aliphatic carbocycles. The van der Waals surface area contributed by atoms with Gasteiger partial charge in [0.15, 0.2) is 5.69 Å². The molecule has 146 valence electrons. The summed E-state index contributed by atoms with van der Waals surface area (Å²) in [5.74, 6) is 0.00179. The van der Waals surface area contributed by atoms with Gasteiger partial charge in [-0.1, -0.05) is 18.2 Å². The van der Waals surface area contributed by atoms with Crippen molar-refractivity contribution in [2.75, 3.05) is 20.2 Å². The molecule has 0 N–H and O–H groups in total. The zero-order chi connectivity index (χ0) is 19.5. The molecule has 28 heavy (non-hydrogen) atoms. The molecule has 1 aliphatic heterocycles. The highest BCUT2D eigenvalue weighted by molar-refractivity contribution is 6.02. The first-order valence-electron chi connectivity index (χ1n) is 9.32. The third-order valence-corrected chi connectivity index (χ3v) is 5.02. The minimum Gasteiger partial charge on any atom is -0.490 e. The summed E-state index contributed by atoms with van der Waals surface area (Å²) in [6, 6.07) is 13.8. The molecule has 1 aromatic heterocycles. The first-order valence-corrected chi connectivity index (χ1v) is 9.32. The summed E-state index contributed by atoms with van der Waals surface area (Å²) in [5, 5.41) is 5.28. The van der Waals surface area contributed by atoms with E-state index in [0.717, 1.165) is 36.8 Å². The summed E-state index contributed by atoms with van der Waals surface area (Å²) in [5.41, 5.74) is 1.25. The fraction of sp³-hybridized carbons (Fsp3) is 0.333. The maximum Gasteiger partial charge on any atom is 0.359 e. The largest absolute Gasteiger partial charge is 0.490 e. The predicted octanol–water partition coefficient (Wildman–Crippen LogP) is 3.46. The summed E-state index contributed by atoms with van der Waals surface area (Å²) in [6.45, 7) is 2.31. The molecular formula is C21H22FN3O3. The fourth-order valence-electron chi connectivity index (χ4n) is 3.55. The van der Waals surface area contributed by atoms with E-state index < -0.39 is 5.97 Å². The molecule has 4 rings (SSSR count). The SMILES string of the molecule is COC(=O)c1nn(CN2CCC(Oc3ccc(F)cc3)CC2)c2ccccc12. The topological polar surface area (TPSA) is 56.6 Å². The normalized spacial score (nSPS) is 15.6. The van der Waals surface area contributed by atoms with Crippen molar-refractivity contribution in [2.24, 2.45) is 0 Å². The fourth-order valence-corrected chi connectivity index (χ4v) is 3.55. The van der Waals surface area contributed by atoms with Crippen molar-refractivity contribution >= 4 is 16.9 Å². The first-order chi connectivity index (χ1) is 13.6. The number of aromatic nitrogens is 2. The molecular weight excluding hydrogens is 361 g/mol. The maximum atomic E-state index is 13.0. The number of halogens is 1. The highest BCUT2D eigenvalue weighted by Crippen LogP contribution is 2.22. The van der Waals surface area contributed by atoms with Crippen molar-refractivity contribution in [1.29, 1.82) is 0 Å². The van der Waals surface area contributed by atoms with Crippen LogP contribution >= 0.6 is 0 Å². The van der Waals surface area contributed by atoms with Crippen molar-refractivity contribution in [2.45, 2.75) is 25.6 Å². The lowest BCUT2D eigenvalue weighted by atomic mass is 10.1. The molecule has 6 nitrogen and oxygen atoms in total. The first kappa shape index (κ1) is 18.4. The number of hydrogen-bond acceptors (Lipinski definition) is 5. The molecule has 2 aromatic carbocycles. The molecule has 2 heterocycles. The number of rotatable bonds is 5. The highest BCUT2D eigenvalue weighted by atomic mass is 19.1. The molecule has 1 saturated heterocycles. The van der Waals surface area contributed by atoms with E-state index in [-0.39, 0.29) is 11.9 Å². The summed E-state index contributed by atoms with van der Waals surface area (Å²) in [4.78, 5) is 14.3. The minimum absolute atomic E-state index is 0.113. The molecule has 0 spiro atoms. The van der Waals surface area contributed by atoms with Crippen LogP contribution in [-0.4, -0.2) is 47.0 Å². The second kappa shape index (κ2) is 7.98. The Morgan fingerprint density at radius 3 is 2.57 bits per heavy atom. The smallest absolute Gasteiger partial charge is 0.359 e. The Morgan fingerprint density at radius 1 is 1.14 bits per heavy atom. The van der Waals surface area contributed by atoms with E-state index in [0.29, 0.717) is 18.1 Å². The van der Waals surface area contributed by atoms with Gasteiger partial charge >= 0.3 is 5.97 Å². The minimum atomic E-state index is -0.429. The van der Waals surface area contributed by atoms with Crippen LogP contribution in [0.15, 0.2) is 48.5 Å². The van der Waals surface area contributed by atoms with Gasteiger partial charge in [-0.2, -0.15) is 5.10 Å². The van der Waals surface area contributed by atoms with E-state index in [1.165, 1.54) is 19.2 Å². The molecule has 0 atom stereocenters. The van der Waals surface area contributed by atoms with Gasteiger partial charge in [0.1, 0.15) is 17.7 Å². The van der Waals surface area contributed by atoms with Crippen LogP contribution in [0.3, 0.4) is 0 Å². The van der Waals surface area contributed by atoms with Crippen molar-refractivity contribution in [3.8, 4) is 5.75 Å². The van der Waals surface area contributed by atoms with Crippen molar-refractivity contribution in [3.63, 3.8) is 0 Å². The monoisotopic (exact) mass is 383 g/mol. The second-order valence-corrected chi connectivity index (χ2v) is 6.89. The van der Waals surface area contributed by atoms with Gasteiger partial charge in [0.25, 0.3) is 0 Å². The molecule has 0 bridgehead atoms. The van der Waals surface area contributed by atoms with Crippen LogP contribution in [-0.2, 0) is 11.4 Å². The number of nitrogens with zero attached hydrogens (tertiary/aromatic N) is 3. The number of benzene rings is 2. The highest BCUT2D eigenvalue weighted by Gasteiger charge is 2.23. The van der Waals surface area contributed by atoms with Crippen LogP contribution < -0.4 is 4.74 Å². The number of carbonyl (C=O) groups is 1. The third-order valence-electron chi connectivity index (χ3n) is 5.02. The van der Waals surface area contributed by atoms with Crippen LogP contribution in [0.1, 0.15) is 23.3 Å². The summed E-state index contributed by atoms with van der Waals surface area (Å²) < 4.78 is 25.7. The number of ether oxygens (including phenoxy) is 2. The molecule has 0 unspecified atom stereocenters. The zero-order valence-electron chi connectivity index (χ0n) is 15.7. The number of methoxy groups -OCH3 is 1. The van der Waals surface area contributed by atoms with Gasteiger partial charge in [0.2, 0.25) is 0 Å². The summed E-state index contributed by atoms with van der Waals surface area (Å²) in [7, 11) is 1.36. The van der Waals surface area contributed by atoms with Gasteiger partial charge in [-0.15, -0.1) is 0 Å². The predicted molar refractivity (Wildman–Crippen MR) is 103 cm³/mol. The quantitative estimate of drug-likeness (QED) is 0.632. The standard InChI is InChI=1S/C21H22FN3O3/c1-27-21(26)20-18-4-2-3-5-19(18)25(23-20)14-24-12-10-17(11-13-24)28-16-8-6-15(22)7-9-16/h2-9,17H,10-14H2,1H3. The molecule has 0 radical (unpaired) electrons. The molecule has 0 saturated carbocycles. The number of carbonyl (C=O) groups excluding carboxylic acids is 1. The summed E-state index contributed by atoms with van der Waals surface area (Å²) in [6.07, 6.45) is 1.86. The van der Waals surface area contributed by atoms with Gasteiger partial charge in [0, 0.05) is 18.5 Å². The van der Waals surface area contributed by atoms with Crippen LogP contribution in [0, 0.1) is 5.82 Å². The summed E-state index contributed by atoms with van der Waals surface area (Å²) >= 11 is 0. The number of fused-ring (bicyclic) bond motifs is 1. The Labute approximate surface area is 162 Å². The van der Waals surface area contributed by atoms with Crippen molar-refractivity contribution in [3.05, 3.63) is 60.0 Å². The average molecular weight is 383 g/mol. The van der Waals surface area contributed by atoms with Crippen LogP contribution in [0.2, 0.25) is 0 Å². The Balaban J connectivity index is 1.41. The van der Waals surface area contributed by atoms with E-state index in [1.807, 2.05) is 28.9 Å². The van der Waals surface area contributed by atoms with Gasteiger partial charge in [0.05, 0.1) is 19.3 Å². The third kappa shape index (κ3) is 3.84. The average Bonchev–Trinajstić information content (AvgIpc) is 3.09. The Hall–Kier alpha value is -2.93. The number of likely N-dealkylation sites (tertiary alicyclic amines) is 1. The number of piperidine rings is 1. The number of para-hydroxylation sites is 1. The number of hydrogen-bond donors (Lipinski definition) is 0. The zero-order valence-corrected chi connectivity index (χ0v) is 15.7. The Morgan fingerprint density at radius 2 is 1.86 bits per heavy atom. The lowest BCUT2D eigenvalue weighted by Crippen LogP contribution is -2.39. The number of esters is 1. The van der Waals surface area contributed by atoms with Crippen LogP contribution in [0.4, 0.5) is 4.39 Å². The van der Waals surface area contributed by atoms with Crippen LogP contribution in [0.5, 0.6) is 5.75 Å². The lowest BCUT2D eigenvalue weighted by molar-refractivity contribution is 0.0591. The van der Waals surface area contributed by atoms with E-state index in [4.69, 9.17) is 9.47 Å². The maximum absolute atomic E-state index is 13.0. The molecule has 1 aliphatic rings.